The van der Waals surface area contributed by atoms with Crippen LogP contribution in [0.4, 0.5) is 0 Å². The Labute approximate surface area is 160 Å². The monoisotopic (exact) mass is 318 g/mol. The van der Waals surface area contributed by atoms with Crippen LogP contribution in [-0.4, -0.2) is 24.9 Å². The third-order valence-corrected chi connectivity index (χ3v) is 2.44. The minimum atomic E-state index is -4.72. The van der Waals surface area contributed by atoms with Gasteiger partial charge in [0.1, 0.15) is 0 Å². The summed E-state index contributed by atoms with van der Waals surface area (Å²) in [6.45, 7) is 2.17. The molecule has 98 valence electrons. The molecule has 0 aliphatic heterocycles. The predicted molar refractivity (Wildman–Crippen MR) is 55.9 cm³/mol. The summed E-state index contributed by atoms with van der Waals surface area (Å²) >= 11 is 0. The first kappa shape index (κ1) is 22.4. The van der Waals surface area contributed by atoms with E-state index in [1.54, 1.807) is 0 Å². The molecule has 1 rings (SSSR count). The van der Waals surface area contributed by atoms with Crippen molar-refractivity contribution in [3.63, 3.8) is 0 Å². The normalized spacial score (nSPS) is 9.75. The molecule has 10 heteroatoms. The van der Waals surface area contributed by atoms with Gasteiger partial charge >= 0.3 is 65.1 Å². The Bertz CT molecular complexity index is 598. The number of carbonyl (C=O) groups is 2. The second-order valence-corrected chi connectivity index (χ2v) is 4.55. The smallest absolute Gasteiger partial charge is 0.754 e. The van der Waals surface area contributed by atoms with Crippen molar-refractivity contribution in [2.45, 2.75) is 18.7 Å². The van der Waals surface area contributed by atoms with Crippen molar-refractivity contribution in [3.8, 4) is 11.5 Å². The molecule has 0 bridgehead atoms. The summed E-state index contributed by atoms with van der Waals surface area (Å²) in [6, 6.07) is 3.87. The molecule has 0 unspecified atom stereocenters. The van der Waals surface area contributed by atoms with Crippen molar-refractivity contribution >= 4 is 22.1 Å². The summed E-state index contributed by atoms with van der Waals surface area (Å²) in [5.74, 6) is -2.12. The van der Waals surface area contributed by atoms with Crippen LogP contribution >= 0.6 is 0 Å². The molecule has 0 N–H and O–H groups in total. The molecule has 0 heterocycles. The van der Waals surface area contributed by atoms with Crippen LogP contribution in [0.3, 0.4) is 0 Å². The van der Waals surface area contributed by atoms with Crippen molar-refractivity contribution in [3.05, 3.63) is 18.2 Å². The Kier molecular flexibility index (Phi) is 10.2. The number of rotatable bonds is 3. The summed E-state index contributed by atoms with van der Waals surface area (Å²) in [5, 5.41) is 0. The molecule has 0 saturated heterocycles. The fraction of sp³-hybridized carbons (Fsp3) is 0.200. The van der Waals surface area contributed by atoms with E-state index in [-0.39, 0.29) is 70.6 Å². The van der Waals surface area contributed by atoms with Crippen molar-refractivity contribution in [1.82, 2.24) is 0 Å². The number of ether oxygens (including phenoxy) is 2. The quantitative estimate of drug-likeness (QED) is 0.179. The van der Waals surface area contributed by atoms with E-state index in [0.717, 1.165) is 26.0 Å². The molecule has 0 aliphatic carbocycles. The first-order chi connectivity index (χ1) is 8.20. The van der Waals surface area contributed by atoms with Crippen LogP contribution < -0.4 is 68.6 Å². The maximum atomic E-state index is 10.8. The fourth-order valence-electron chi connectivity index (χ4n) is 1.04. The molecule has 0 fully saturated rings. The zero-order chi connectivity index (χ0) is 13.9. The average Bonchev–Trinajstić information content (AvgIpc) is 2.17. The van der Waals surface area contributed by atoms with E-state index in [1.807, 2.05) is 0 Å². The first-order valence-corrected chi connectivity index (χ1v) is 5.99. The molecule has 0 saturated carbocycles. The van der Waals surface area contributed by atoms with Crippen LogP contribution in [0.2, 0.25) is 0 Å². The van der Waals surface area contributed by atoms with Crippen LogP contribution in [0.25, 0.3) is 0 Å². The van der Waals surface area contributed by atoms with Crippen molar-refractivity contribution in [1.29, 1.82) is 0 Å². The molecule has 0 radical (unpaired) electrons. The van der Waals surface area contributed by atoms with Gasteiger partial charge in [0.2, 0.25) is 0 Å². The van der Waals surface area contributed by atoms with Crippen LogP contribution in [0.1, 0.15) is 13.8 Å². The van der Waals surface area contributed by atoms with Crippen LogP contribution in [0.5, 0.6) is 11.5 Å². The maximum Gasteiger partial charge on any atom is 1.00 e. The van der Waals surface area contributed by atoms with Gasteiger partial charge in [-0.15, -0.1) is 12.1 Å². The molecule has 1 aromatic carbocycles. The summed E-state index contributed by atoms with van der Waals surface area (Å²) < 4.78 is 41.6. The number of benzene rings is 1. The van der Waals surface area contributed by atoms with Crippen molar-refractivity contribution < 1.29 is 91.1 Å². The Morgan fingerprint density at radius 1 is 1.15 bits per heavy atom. The molecule has 1 aromatic rings. The van der Waals surface area contributed by atoms with Gasteiger partial charge in [0, 0.05) is 13.8 Å². The maximum absolute atomic E-state index is 10.8. The largest absolute Gasteiger partial charge is 1.00 e. The van der Waals surface area contributed by atoms with E-state index in [0.29, 0.717) is 0 Å². The fourth-order valence-corrected chi connectivity index (χ4v) is 1.50. The molecule has 7 nitrogen and oxygen atoms in total. The Balaban J connectivity index is 0. The summed E-state index contributed by atoms with van der Waals surface area (Å²) in [4.78, 5) is 20.9. The van der Waals surface area contributed by atoms with E-state index in [1.165, 1.54) is 0 Å². The van der Waals surface area contributed by atoms with Crippen LogP contribution in [-0.2, 0) is 19.7 Å². The molecule has 20 heavy (non-hydrogen) atoms. The topological polar surface area (TPSA) is 110 Å². The number of esters is 2. The SMILES string of the molecule is CC(=O)Oc1[c-]cc(S(=O)(=O)[O-])cc1OC(C)=O.[Na+].[Na+]. The molecule has 0 amide bonds. The Morgan fingerprint density at radius 2 is 1.65 bits per heavy atom. The van der Waals surface area contributed by atoms with Crippen molar-refractivity contribution in [2.75, 3.05) is 0 Å². The van der Waals surface area contributed by atoms with Crippen LogP contribution in [0, 0.1) is 6.07 Å². The molecule has 0 aliphatic rings. The summed E-state index contributed by atoms with van der Waals surface area (Å²) in [6.07, 6.45) is 0. The second kappa shape index (κ2) is 9.16. The van der Waals surface area contributed by atoms with E-state index < -0.39 is 27.0 Å². The summed E-state index contributed by atoms with van der Waals surface area (Å²) in [5.41, 5.74) is 0. The zero-order valence-corrected chi connectivity index (χ0v) is 16.2. The van der Waals surface area contributed by atoms with E-state index in [4.69, 9.17) is 0 Å². The minimum Gasteiger partial charge on any atom is -0.754 e. The summed E-state index contributed by atoms with van der Waals surface area (Å²) in [7, 11) is -4.72. The van der Waals surface area contributed by atoms with Gasteiger partial charge in [0.15, 0.2) is 0 Å². The van der Waals surface area contributed by atoms with Gasteiger partial charge in [-0.1, -0.05) is 0 Å². The van der Waals surface area contributed by atoms with Gasteiger partial charge < -0.3 is 14.0 Å². The molecule has 0 aromatic heterocycles. The van der Waals surface area contributed by atoms with Gasteiger partial charge in [-0.3, -0.25) is 18.0 Å². The molecule has 0 atom stereocenters. The zero-order valence-electron chi connectivity index (χ0n) is 11.4. The number of hydrogen-bond donors (Lipinski definition) is 0. The third-order valence-electron chi connectivity index (χ3n) is 1.63. The third kappa shape index (κ3) is 7.19. The van der Waals surface area contributed by atoms with E-state index in [9.17, 15) is 22.6 Å². The van der Waals surface area contributed by atoms with E-state index >= 15 is 0 Å². The molecular weight excluding hydrogens is 310 g/mol. The minimum absolute atomic E-state index is 0. The van der Waals surface area contributed by atoms with Gasteiger partial charge in [0.25, 0.3) is 5.97 Å². The Hall–Kier alpha value is 0.0700. The predicted octanol–water partition coefficient (Wildman–Crippen LogP) is -5.75. The average molecular weight is 318 g/mol. The first-order valence-electron chi connectivity index (χ1n) is 4.58. The van der Waals surface area contributed by atoms with E-state index in [2.05, 4.69) is 15.5 Å². The molecule has 0 spiro atoms. The van der Waals surface area contributed by atoms with Gasteiger partial charge in [0.05, 0.1) is 21.6 Å². The standard InChI is InChI=1S/C10H9O7S.2Na/c1-6(11)16-9-4-3-8(18(13,14)15)5-10(9)17-7(2)12;;/h3,5H,1-2H3,(H,13,14,15);;/q-1;2*+1/p-1. The Morgan fingerprint density at radius 3 is 2.05 bits per heavy atom. The van der Waals surface area contributed by atoms with Crippen molar-refractivity contribution in [2.24, 2.45) is 0 Å². The second-order valence-electron chi connectivity index (χ2n) is 3.17. The van der Waals surface area contributed by atoms with Crippen LogP contribution in [0.15, 0.2) is 17.0 Å². The van der Waals surface area contributed by atoms with Gasteiger partial charge in [-0.2, -0.15) is 6.07 Å². The van der Waals surface area contributed by atoms with Gasteiger partial charge in [-0.05, 0) is 4.90 Å². The van der Waals surface area contributed by atoms with Gasteiger partial charge in [-0.25, -0.2) is 0 Å². The number of carbonyl (C=O) groups excluding carboxylic acids is 2. The number of hydrogen-bond acceptors (Lipinski definition) is 7. The molecular formula is C10H8Na2O7S.